The van der Waals surface area contributed by atoms with Crippen molar-refractivity contribution in [2.75, 3.05) is 0 Å². The van der Waals surface area contributed by atoms with Crippen LogP contribution in [0.5, 0.6) is 0 Å². The summed E-state index contributed by atoms with van der Waals surface area (Å²) < 4.78 is 6.17. The second-order valence-electron chi connectivity index (χ2n) is 12.0. The van der Waals surface area contributed by atoms with E-state index in [1.54, 1.807) is 30.3 Å². The third kappa shape index (κ3) is 3.53. The molecule has 3 heteroatoms. The Labute approximate surface area is 178 Å². The summed E-state index contributed by atoms with van der Waals surface area (Å²) in [6.45, 7) is 28.5. The van der Waals surface area contributed by atoms with Crippen LogP contribution < -0.4 is 0 Å². The van der Waals surface area contributed by atoms with Gasteiger partial charge in [-0.1, -0.05) is 83.1 Å². The summed E-state index contributed by atoms with van der Waals surface area (Å²) in [6.07, 6.45) is 0. The number of fused-ring (bicyclic) bond motifs is 3. The molecule has 0 bridgehead atoms. The molecular weight excluding hydrogens is 384 g/mol. The van der Waals surface area contributed by atoms with E-state index in [0.717, 1.165) is 0 Å². The van der Waals surface area contributed by atoms with E-state index in [2.05, 4.69) is 117 Å². The van der Waals surface area contributed by atoms with Gasteiger partial charge in [-0.25, -0.2) is 0 Å². The van der Waals surface area contributed by atoms with Crippen LogP contribution in [-0.2, 0) is 21.7 Å². The van der Waals surface area contributed by atoms with Gasteiger partial charge < -0.3 is 0 Å². The topological polar surface area (TPSA) is 0 Å². The minimum absolute atomic E-state index is 0.169. The lowest BCUT2D eigenvalue weighted by Gasteiger charge is -2.27. The molecule has 0 atom stereocenters. The summed E-state index contributed by atoms with van der Waals surface area (Å²) >= 11 is 6.18. The highest BCUT2D eigenvalue weighted by Gasteiger charge is 2.35. The molecule has 0 unspecified atom stereocenters. The van der Waals surface area contributed by atoms with Crippen molar-refractivity contribution < 1.29 is 0 Å². The first-order valence-corrected chi connectivity index (χ1v) is 12.4. The Morgan fingerprint density at radius 2 is 0.667 bits per heavy atom. The predicted octanol–water partition coefficient (Wildman–Crippen LogP) is 9.37. The highest BCUT2D eigenvalue weighted by atomic mass is 32.1. The zero-order valence-electron chi connectivity index (χ0n) is 19.2. The van der Waals surface area contributed by atoms with Gasteiger partial charge in [0.2, 0.25) is 0 Å². The van der Waals surface area contributed by atoms with E-state index in [-0.39, 0.29) is 21.7 Å². The summed E-state index contributed by atoms with van der Waals surface area (Å²) in [6, 6.07) is 0. The Morgan fingerprint density at radius 3 is 0.889 bits per heavy atom. The molecule has 0 saturated carbocycles. The van der Waals surface area contributed by atoms with Crippen LogP contribution in [0.4, 0.5) is 0 Å². The van der Waals surface area contributed by atoms with Crippen LogP contribution in [0.1, 0.15) is 104 Å². The van der Waals surface area contributed by atoms with Crippen molar-refractivity contribution >= 4 is 52.8 Å². The zero-order valence-corrected chi connectivity index (χ0v) is 21.7. The molecule has 0 aliphatic heterocycles. The lowest BCUT2D eigenvalue weighted by atomic mass is 9.80. The van der Waals surface area contributed by atoms with Crippen LogP contribution in [0.25, 0.3) is 18.8 Å². The fraction of sp³-hybridized carbons (Fsp3) is 0.667. The molecule has 0 fully saturated rings. The molecule has 27 heavy (non-hydrogen) atoms. The SMILES string of the molecule is CC(C)(C)c1sc2c(sc3c(C(C)(C)C)c(C(C)(C)C)sc32)c1C(C)(C)C. The van der Waals surface area contributed by atoms with Crippen molar-refractivity contribution in [1.29, 1.82) is 0 Å². The van der Waals surface area contributed by atoms with Crippen LogP contribution >= 0.6 is 34.0 Å². The van der Waals surface area contributed by atoms with Gasteiger partial charge in [-0.15, -0.1) is 34.0 Å². The Hall–Kier alpha value is -0.380. The number of rotatable bonds is 0. The Bertz CT molecular complexity index is 912. The summed E-state index contributed by atoms with van der Waals surface area (Å²) in [5.74, 6) is 0. The molecule has 3 aromatic rings. The third-order valence-electron chi connectivity index (χ3n) is 5.00. The molecule has 3 heterocycles. The Balaban J connectivity index is 2.50. The van der Waals surface area contributed by atoms with Gasteiger partial charge in [0, 0.05) is 9.75 Å². The van der Waals surface area contributed by atoms with Gasteiger partial charge in [0.05, 0.1) is 18.8 Å². The van der Waals surface area contributed by atoms with Gasteiger partial charge in [0.15, 0.2) is 0 Å². The van der Waals surface area contributed by atoms with E-state index < -0.39 is 0 Å². The van der Waals surface area contributed by atoms with Crippen molar-refractivity contribution in [3.63, 3.8) is 0 Å². The van der Waals surface area contributed by atoms with Crippen LogP contribution in [0.3, 0.4) is 0 Å². The highest BCUT2D eigenvalue weighted by molar-refractivity contribution is 7.39. The van der Waals surface area contributed by atoms with Gasteiger partial charge in [-0.05, 0) is 32.8 Å². The minimum atomic E-state index is 0.169. The summed E-state index contributed by atoms with van der Waals surface area (Å²) in [5, 5.41) is 0. The molecule has 150 valence electrons. The maximum atomic E-state index is 2.38. The number of hydrogen-bond donors (Lipinski definition) is 0. The second kappa shape index (κ2) is 6.06. The third-order valence-corrected chi connectivity index (χ3v) is 9.88. The molecule has 3 rings (SSSR count). The lowest BCUT2D eigenvalue weighted by Crippen LogP contribution is -2.19. The molecule has 0 radical (unpaired) electrons. The summed E-state index contributed by atoms with van der Waals surface area (Å²) in [7, 11) is 0. The normalized spacial score (nSPS) is 14.7. The average molecular weight is 421 g/mol. The van der Waals surface area contributed by atoms with Crippen molar-refractivity contribution in [3.8, 4) is 0 Å². The first kappa shape index (κ1) is 21.3. The predicted molar refractivity (Wildman–Crippen MR) is 130 cm³/mol. The van der Waals surface area contributed by atoms with Gasteiger partial charge in [-0.3, -0.25) is 0 Å². The zero-order chi connectivity index (χ0) is 20.7. The van der Waals surface area contributed by atoms with Crippen LogP contribution in [0.15, 0.2) is 0 Å². The van der Waals surface area contributed by atoms with E-state index >= 15 is 0 Å². The lowest BCUT2D eigenvalue weighted by molar-refractivity contribution is 0.545. The first-order valence-electron chi connectivity index (χ1n) is 9.97. The highest BCUT2D eigenvalue weighted by Crippen LogP contribution is 2.56. The van der Waals surface area contributed by atoms with Crippen molar-refractivity contribution in [2.24, 2.45) is 0 Å². The summed E-state index contributed by atoms with van der Waals surface area (Å²) in [5.41, 5.74) is 3.89. The quantitative estimate of drug-likeness (QED) is 0.340. The molecule has 0 aliphatic rings. The van der Waals surface area contributed by atoms with E-state index in [0.29, 0.717) is 0 Å². The van der Waals surface area contributed by atoms with Crippen molar-refractivity contribution in [2.45, 2.75) is 105 Å². The van der Waals surface area contributed by atoms with Crippen LogP contribution in [-0.4, -0.2) is 0 Å². The van der Waals surface area contributed by atoms with Crippen LogP contribution in [0, 0.1) is 0 Å². The van der Waals surface area contributed by atoms with E-state index in [9.17, 15) is 0 Å². The fourth-order valence-corrected chi connectivity index (χ4v) is 9.29. The molecule has 0 aliphatic carbocycles. The Kier molecular flexibility index (Phi) is 4.79. The molecule has 0 spiro atoms. The van der Waals surface area contributed by atoms with Gasteiger partial charge in [-0.2, -0.15) is 0 Å². The van der Waals surface area contributed by atoms with E-state index in [1.807, 2.05) is 0 Å². The van der Waals surface area contributed by atoms with Gasteiger partial charge in [0.1, 0.15) is 0 Å². The number of thiophene rings is 3. The average Bonchev–Trinajstić information content (AvgIpc) is 2.99. The molecule has 3 aromatic heterocycles. The number of hydrogen-bond acceptors (Lipinski definition) is 3. The molecule has 0 saturated heterocycles. The van der Waals surface area contributed by atoms with Crippen LogP contribution in [0.2, 0.25) is 0 Å². The maximum absolute atomic E-state index is 2.38. The standard InChI is InChI=1S/C24H36S3/c1-21(2,3)13-15-17(26-19(13)23(7,8)9)18-16(25-15)14(22(4,5)6)20(27-18)24(10,11)12/h1-12H3. The first-order chi connectivity index (χ1) is 11.9. The van der Waals surface area contributed by atoms with Crippen molar-refractivity contribution in [1.82, 2.24) is 0 Å². The van der Waals surface area contributed by atoms with E-state index in [1.165, 1.54) is 9.40 Å². The van der Waals surface area contributed by atoms with Gasteiger partial charge >= 0.3 is 0 Å². The molecule has 0 amide bonds. The Morgan fingerprint density at radius 1 is 0.370 bits per heavy atom. The van der Waals surface area contributed by atoms with Crippen molar-refractivity contribution in [3.05, 3.63) is 20.9 Å². The fourth-order valence-electron chi connectivity index (χ4n) is 3.85. The largest absolute Gasteiger partial charge is 0.137 e. The minimum Gasteiger partial charge on any atom is -0.137 e. The monoisotopic (exact) mass is 420 g/mol. The van der Waals surface area contributed by atoms with Gasteiger partial charge in [0.25, 0.3) is 0 Å². The molecule has 0 nitrogen and oxygen atoms in total. The smallest absolute Gasteiger partial charge is 0.0635 e. The van der Waals surface area contributed by atoms with E-state index in [4.69, 9.17) is 0 Å². The molecule has 0 aromatic carbocycles. The summed E-state index contributed by atoms with van der Waals surface area (Å²) in [4.78, 5) is 3.14. The maximum Gasteiger partial charge on any atom is 0.0635 e. The molecule has 0 N–H and O–H groups in total. The second-order valence-corrected chi connectivity index (χ2v) is 15.1. The molecular formula is C24H36S3.